The quantitative estimate of drug-likeness (QED) is 0.385. The second-order valence-corrected chi connectivity index (χ2v) is 11.5. The molecule has 5 N–H and O–H groups in total. The van der Waals surface area contributed by atoms with E-state index in [1.807, 2.05) is 0 Å². The third-order valence-electron chi connectivity index (χ3n) is 9.62. The van der Waals surface area contributed by atoms with E-state index in [-0.39, 0.29) is 29.8 Å². The molecule has 0 radical (unpaired) electrons. The molecule has 3 fully saturated rings. The molecule has 0 aromatic heterocycles. The van der Waals surface area contributed by atoms with Crippen molar-refractivity contribution in [1.82, 2.24) is 5.32 Å². The van der Waals surface area contributed by atoms with Gasteiger partial charge in [0.15, 0.2) is 6.61 Å². The minimum Gasteiger partial charge on any atom is -0.480 e. The molecule has 35 heavy (non-hydrogen) atoms. The van der Waals surface area contributed by atoms with Crippen LogP contribution in [0.2, 0.25) is 0 Å². The Balaban J connectivity index is 1.35. The van der Waals surface area contributed by atoms with Crippen LogP contribution in [0.1, 0.15) is 78.1 Å². The summed E-state index contributed by atoms with van der Waals surface area (Å²) < 4.78 is 0. The second kappa shape index (κ2) is 9.91. The molecular weight excluding hydrogens is 450 g/mol. The SMILES string of the molecule is C[C@]12CC[C@@H]3[C@H](CCC4=CC(=NOCC(=O)N[C@H](CCC(N)=O)C(=O)O)CC[C@@]43C)[C@H]1CC[C@@H]2O. The number of primary amides is 1. The van der Waals surface area contributed by atoms with Gasteiger partial charge in [0.05, 0.1) is 11.8 Å². The van der Waals surface area contributed by atoms with Crippen LogP contribution in [0.4, 0.5) is 0 Å². The average molecular weight is 490 g/mol. The number of carboxylic acids is 1. The summed E-state index contributed by atoms with van der Waals surface area (Å²) in [4.78, 5) is 39.5. The van der Waals surface area contributed by atoms with E-state index in [0.29, 0.717) is 17.8 Å². The number of aliphatic hydroxyl groups is 1. The Morgan fingerprint density at radius 3 is 2.66 bits per heavy atom. The summed E-state index contributed by atoms with van der Waals surface area (Å²) in [6, 6.07) is -1.20. The van der Waals surface area contributed by atoms with Gasteiger partial charge >= 0.3 is 5.97 Å². The lowest BCUT2D eigenvalue weighted by Crippen LogP contribution is -2.51. The Morgan fingerprint density at radius 2 is 1.94 bits per heavy atom. The zero-order chi connectivity index (χ0) is 25.4. The van der Waals surface area contributed by atoms with Gasteiger partial charge in [-0.2, -0.15) is 0 Å². The number of allylic oxidation sites excluding steroid dienone is 2. The first-order chi connectivity index (χ1) is 16.5. The van der Waals surface area contributed by atoms with E-state index in [1.54, 1.807) is 0 Å². The predicted molar refractivity (Wildman–Crippen MR) is 129 cm³/mol. The zero-order valence-corrected chi connectivity index (χ0v) is 20.8. The number of rotatable bonds is 8. The minimum absolute atomic E-state index is 0.0727. The summed E-state index contributed by atoms with van der Waals surface area (Å²) in [5, 5.41) is 26.4. The number of aliphatic hydroxyl groups excluding tert-OH is 1. The first-order valence-corrected chi connectivity index (χ1v) is 12.9. The molecule has 9 nitrogen and oxygen atoms in total. The Kier molecular flexibility index (Phi) is 7.27. The van der Waals surface area contributed by atoms with Gasteiger partial charge in [-0.05, 0) is 92.4 Å². The number of carboxylic acid groups (broad SMARTS) is 1. The standard InChI is InChI=1S/C26H39N3O6/c1-25-11-9-16(29-35-14-23(32)28-20(24(33)34)6-8-22(27)31)13-15(25)3-4-17-18-5-7-21(30)26(18,2)12-10-19(17)25/h13,17-21,30H,3-12,14H2,1-2H3,(H2,27,31)(H,28,32)(H,33,34)/t17-,18-,19-,20-,21+,25+,26+/m1/s1. The number of nitrogens with zero attached hydrogens (tertiary/aromatic N) is 1. The maximum atomic E-state index is 12.1. The van der Waals surface area contributed by atoms with E-state index in [9.17, 15) is 24.6 Å². The molecule has 0 unspecified atom stereocenters. The third kappa shape index (κ3) is 4.97. The van der Waals surface area contributed by atoms with Crippen LogP contribution in [-0.4, -0.2) is 52.5 Å². The Bertz CT molecular complexity index is 932. The van der Waals surface area contributed by atoms with Crippen LogP contribution in [0.5, 0.6) is 0 Å². The van der Waals surface area contributed by atoms with Gasteiger partial charge in [-0.25, -0.2) is 4.79 Å². The lowest BCUT2D eigenvalue weighted by molar-refractivity contribution is -0.142. The third-order valence-corrected chi connectivity index (χ3v) is 9.62. The lowest BCUT2D eigenvalue weighted by atomic mass is 9.47. The molecule has 0 aliphatic heterocycles. The molecule has 4 rings (SSSR count). The van der Waals surface area contributed by atoms with Crippen LogP contribution in [0.15, 0.2) is 16.8 Å². The van der Waals surface area contributed by atoms with Crippen LogP contribution in [-0.2, 0) is 19.2 Å². The number of nitrogens with two attached hydrogens (primary N) is 1. The van der Waals surface area contributed by atoms with Gasteiger partial charge in [-0.15, -0.1) is 0 Å². The fourth-order valence-electron chi connectivity index (χ4n) is 7.57. The predicted octanol–water partition coefficient (Wildman–Crippen LogP) is 2.52. The molecule has 0 saturated heterocycles. The lowest BCUT2D eigenvalue weighted by Gasteiger charge is -2.57. The molecule has 4 aliphatic carbocycles. The summed E-state index contributed by atoms with van der Waals surface area (Å²) in [5.41, 5.74) is 7.50. The van der Waals surface area contributed by atoms with Crippen molar-refractivity contribution >= 4 is 23.5 Å². The summed E-state index contributed by atoms with van der Waals surface area (Å²) in [7, 11) is 0. The number of fused-ring (bicyclic) bond motifs is 5. The fourth-order valence-corrected chi connectivity index (χ4v) is 7.57. The molecule has 2 amide bonds. The van der Waals surface area contributed by atoms with Crippen molar-refractivity contribution < 1.29 is 29.4 Å². The Labute approximate surface area is 206 Å². The fraction of sp³-hybridized carbons (Fsp3) is 0.769. The number of amides is 2. The number of nitrogens with one attached hydrogen (secondary N) is 1. The van der Waals surface area contributed by atoms with E-state index < -0.39 is 30.4 Å². The van der Waals surface area contributed by atoms with Gasteiger partial charge < -0.3 is 26.1 Å². The maximum Gasteiger partial charge on any atom is 0.326 e. The smallest absolute Gasteiger partial charge is 0.326 e. The maximum absolute atomic E-state index is 12.1. The second-order valence-electron chi connectivity index (χ2n) is 11.5. The van der Waals surface area contributed by atoms with Crippen LogP contribution >= 0.6 is 0 Å². The molecule has 4 aliphatic rings. The number of oxime groups is 1. The van der Waals surface area contributed by atoms with Crippen molar-refractivity contribution in [3.8, 4) is 0 Å². The van der Waals surface area contributed by atoms with Crippen molar-refractivity contribution in [1.29, 1.82) is 0 Å². The summed E-state index contributed by atoms with van der Waals surface area (Å²) >= 11 is 0. The molecule has 0 aromatic rings. The Morgan fingerprint density at radius 1 is 1.17 bits per heavy atom. The van der Waals surface area contributed by atoms with Crippen molar-refractivity contribution in [2.45, 2.75) is 90.2 Å². The van der Waals surface area contributed by atoms with E-state index >= 15 is 0 Å². The van der Waals surface area contributed by atoms with Crippen LogP contribution in [0, 0.1) is 28.6 Å². The van der Waals surface area contributed by atoms with Crippen LogP contribution in [0.3, 0.4) is 0 Å². The molecule has 194 valence electrons. The highest BCUT2D eigenvalue weighted by Gasteiger charge is 2.58. The van der Waals surface area contributed by atoms with E-state index in [4.69, 9.17) is 10.6 Å². The number of hydrogen-bond donors (Lipinski definition) is 4. The minimum atomic E-state index is -1.23. The molecule has 9 heteroatoms. The van der Waals surface area contributed by atoms with E-state index in [0.717, 1.165) is 57.1 Å². The first kappa shape index (κ1) is 25.7. The van der Waals surface area contributed by atoms with Gasteiger partial charge in [0, 0.05) is 6.42 Å². The number of aliphatic carboxylic acids is 1. The van der Waals surface area contributed by atoms with Crippen molar-refractivity contribution in [2.24, 2.45) is 39.5 Å². The summed E-state index contributed by atoms with van der Waals surface area (Å²) in [6.07, 6.45) is 10.1. The highest BCUT2D eigenvalue weighted by Crippen LogP contribution is 2.65. The summed E-state index contributed by atoms with van der Waals surface area (Å²) in [5.74, 6) is -0.542. The molecular formula is C26H39N3O6. The first-order valence-electron chi connectivity index (χ1n) is 12.9. The average Bonchev–Trinajstić information content (AvgIpc) is 3.11. The zero-order valence-electron chi connectivity index (χ0n) is 20.8. The van der Waals surface area contributed by atoms with Gasteiger partial charge in [-0.3, -0.25) is 9.59 Å². The topological polar surface area (TPSA) is 151 Å². The van der Waals surface area contributed by atoms with Crippen molar-refractivity contribution in [3.63, 3.8) is 0 Å². The van der Waals surface area contributed by atoms with E-state index in [2.05, 4.69) is 30.4 Å². The van der Waals surface area contributed by atoms with Gasteiger partial charge in [-0.1, -0.05) is 24.6 Å². The number of carbonyl (C=O) groups excluding carboxylic acids is 2. The van der Waals surface area contributed by atoms with Crippen LogP contribution < -0.4 is 11.1 Å². The normalized spacial score (nSPS) is 37.9. The molecule has 0 bridgehead atoms. The molecule has 0 heterocycles. The molecule has 0 spiro atoms. The van der Waals surface area contributed by atoms with Gasteiger partial charge in [0.25, 0.3) is 5.91 Å². The molecule has 3 saturated carbocycles. The largest absolute Gasteiger partial charge is 0.480 e. The summed E-state index contributed by atoms with van der Waals surface area (Å²) in [6.45, 7) is 4.30. The highest BCUT2D eigenvalue weighted by atomic mass is 16.6. The van der Waals surface area contributed by atoms with Gasteiger partial charge in [0.2, 0.25) is 5.91 Å². The Hall–Kier alpha value is -2.42. The van der Waals surface area contributed by atoms with Crippen LogP contribution in [0.25, 0.3) is 0 Å². The number of carbonyl (C=O) groups is 3. The number of hydrogen-bond acceptors (Lipinski definition) is 6. The highest BCUT2D eigenvalue weighted by molar-refractivity contribution is 5.96. The molecule has 7 atom stereocenters. The van der Waals surface area contributed by atoms with Crippen molar-refractivity contribution in [3.05, 3.63) is 11.6 Å². The van der Waals surface area contributed by atoms with Gasteiger partial charge in [0.1, 0.15) is 6.04 Å². The molecule has 0 aromatic carbocycles. The van der Waals surface area contributed by atoms with Crippen molar-refractivity contribution in [2.75, 3.05) is 6.61 Å². The van der Waals surface area contributed by atoms with E-state index in [1.165, 1.54) is 5.57 Å². The monoisotopic (exact) mass is 489 g/mol.